The van der Waals surface area contributed by atoms with E-state index in [1.165, 1.54) is 0 Å². The highest BCUT2D eigenvalue weighted by molar-refractivity contribution is 7.88. The van der Waals surface area contributed by atoms with Crippen LogP contribution < -0.4 is 14.2 Å². The number of nitrogens with one attached hydrogen (secondary N) is 1. The number of hydrogen-bond acceptors (Lipinski definition) is 4. The van der Waals surface area contributed by atoms with Gasteiger partial charge in [0.25, 0.3) is 0 Å². The zero-order chi connectivity index (χ0) is 13.8. The summed E-state index contributed by atoms with van der Waals surface area (Å²) < 4.78 is 35.5. The van der Waals surface area contributed by atoms with Crippen molar-refractivity contribution in [3.63, 3.8) is 0 Å². The van der Waals surface area contributed by atoms with Gasteiger partial charge in [0.2, 0.25) is 10.0 Å². The molecule has 0 aliphatic rings. The van der Waals surface area contributed by atoms with Crippen molar-refractivity contribution in [3.05, 3.63) is 23.8 Å². The highest BCUT2D eigenvalue weighted by atomic mass is 32.2. The highest BCUT2D eigenvalue weighted by Gasteiger charge is 2.13. The average molecular weight is 273 g/mol. The van der Waals surface area contributed by atoms with Crippen LogP contribution in [0.1, 0.15) is 25.5 Å². The molecular formula is C12H19NO4S. The zero-order valence-electron chi connectivity index (χ0n) is 11.1. The molecule has 6 heteroatoms. The Morgan fingerprint density at radius 3 is 2.50 bits per heavy atom. The summed E-state index contributed by atoms with van der Waals surface area (Å²) in [5, 5.41) is 0. The van der Waals surface area contributed by atoms with Gasteiger partial charge in [-0.2, -0.15) is 0 Å². The maximum Gasteiger partial charge on any atom is 0.209 e. The normalized spacial score (nSPS) is 13.1. The highest BCUT2D eigenvalue weighted by Crippen LogP contribution is 2.30. The topological polar surface area (TPSA) is 64.6 Å². The summed E-state index contributed by atoms with van der Waals surface area (Å²) in [5.74, 6) is 1.24. The summed E-state index contributed by atoms with van der Waals surface area (Å²) >= 11 is 0. The molecule has 0 spiro atoms. The van der Waals surface area contributed by atoms with E-state index in [1.807, 2.05) is 13.0 Å². The average Bonchev–Trinajstić information content (AvgIpc) is 2.27. The second-order valence-electron chi connectivity index (χ2n) is 3.96. The van der Waals surface area contributed by atoms with Crippen LogP contribution >= 0.6 is 0 Å². The Labute approximate surface area is 108 Å². The molecule has 0 radical (unpaired) electrons. The molecule has 0 saturated carbocycles. The van der Waals surface area contributed by atoms with Crippen LogP contribution in [0.15, 0.2) is 18.2 Å². The summed E-state index contributed by atoms with van der Waals surface area (Å²) in [5.41, 5.74) is 0.820. The molecule has 1 N–H and O–H groups in total. The predicted octanol–water partition coefficient (Wildman–Crippen LogP) is 1.70. The minimum absolute atomic E-state index is 0.315. The van der Waals surface area contributed by atoms with Crippen molar-refractivity contribution >= 4 is 10.0 Å². The smallest absolute Gasteiger partial charge is 0.209 e. The van der Waals surface area contributed by atoms with Gasteiger partial charge in [-0.15, -0.1) is 0 Å². The molecule has 0 bridgehead atoms. The van der Waals surface area contributed by atoms with Crippen LogP contribution in [0, 0.1) is 0 Å². The van der Waals surface area contributed by atoms with E-state index in [4.69, 9.17) is 9.47 Å². The molecule has 0 fully saturated rings. The molecule has 1 atom stereocenters. The van der Waals surface area contributed by atoms with Gasteiger partial charge >= 0.3 is 0 Å². The molecule has 5 nitrogen and oxygen atoms in total. The lowest BCUT2D eigenvalue weighted by atomic mass is 10.1. The molecule has 0 aliphatic heterocycles. The summed E-state index contributed by atoms with van der Waals surface area (Å²) in [6.07, 6.45) is 1.13. The van der Waals surface area contributed by atoms with Crippen LogP contribution in [0.25, 0.3) is 0 Å². The predicted molar refractivity (Wildman–Crippen MR) is 70.6 cm³/mol. The number of hydrogen-bond donors (Lipinski definition) is 1. The van der Waals surface area contributed by atoms with Crippen molar-refractivity contribution < 1.29 is 17.9 Å². The number of benzene rings is 1. The van der Waals surface area contributed by atoms with Crippen LogP contribution in [-0.2, 0) is 10.0 Å². The molecule has 1 rings (SSSR count). The van der Waals surface area contributed by atoms with Crippen molar-refractivity contribution in [2.45, 2.75) is 19.9 Å². The molecule has 18 heavy (non-hydrogen) atoms. The number of methoxy groups -OCH3 is 1. The van der Waals surface area contributed by atoms with E-state index in [2.05, 4.69) is 4.72 Å². The Hall–Kier alpha value is -1.27. The molecule has 102 valence electrons. The fourth-order valence-corrected chi connectivity index (χ4v) is 2.40. The van der Waals surface area contributed by atoms with E-state index in [0.29, 0.717) is 18.1 Å². The van der Waals surface area contributed by atoms with Gasteiger partial charge in [-0.05, 0) is 31.5 Å². The first-order valence-corrected chi connectivity index (χ1v) is 7.54. The minimum Gasteiger partial charge on any atom is -0.493 e. The Morgan fingerprint density at radius 2 is 2.00 bits per heavy atom. The van der Waals surface area contributed by atoms with E-state index in [-0.39, 0.29) is 6.04 Å². The number of rotatable bonds is 6. The molecule has 0 aliphatic carbocycles. The summed E-state index contributed by atoms with van der Waals surface area (Å²) in [6, 6.07) is 5.05. The Morgan fingerprint density at radius 1 is 1.33 bits per heavy atom. The largest absolute Gasteiger partial charge is 0.493 e. The number of ether oxygens (including phenoxy) is 2. The van der Waals surface area contributed by atoms with Crippen molar-refractivity contribution in [1.29, 1.82) is 0 Å². The van der Waals surface area contributed by atoms with Crippen LogP contribution in [0.3, 0.4) is 0 Å². The van der Waals surface area contributed by atoms with Gasteiger partial charge in [0.05, 0.1) is 20.0 Å². The van der Waals surface area contributed by atoms with Gasteiger partial charge in [0.1, 0.15) is 0 Å². The van der Waals surface area contributed by atoms with E-state index < -0.39 is 10.0 Å². The van der Waals surface area contributed by atoms with Crippen LogP contribution in [0.5, 0.6) is 11.5 Å². The van der Waals surface area contributed by atoms with E-state index in [9.17, 15) is 8.42 Å². The first-order valence-electron chi connectivity index (χ1n) is 5.65. The lowest BCUT2D eigenvalue weighted by Crippen LogP contribution is -2.25. The zero-order valence-corrected chi connectivity index (χ0v) is 11.9. The van der Waals surface area contributed by atoms with E-state index in [0.717, 1.165) is 11.8 Å². The van der Waals surface area contributed by atoms with E-state index >= 15 is 0 Å². The van der Waals surface area contributed by atoms with Crippen LogP contribution in [0.2, 0.25) is 0 Å². The molecule has 0 heterocycles. The summed E-state index contributed by atoms with van der Waals surface area (Å²) in [6.45, 7) is 4.21. The lowest BCUT2D eigenvalue weighted by Gasteiger charge is -2.15. The van der Waals surface area contributed by atoms with Gasteiger partial charge in [-0.1, -0.05) is 6.07 Å². The SMILES string of the molecule is CCOc1ccc([C@@H](C)NS(C)(=O)=O)cc1OC. The molecule has 0 amide bonds. The van der Waals surface area contributed by atoms with Gasteiger partial charge in [0, 0.05) is 6.04 Å². The van der Waals surface area contributed by atoms with Crippen LogP contribution in [-0.4, -0.2) is 28.4 Å². The standard InChI is InChI=1S/C12H19NO4S/c1-5-17-11-7-6-10(8-12(11)16-3)9(2)13-18(4,14)15/h6-9,13H,5H2,1-4H3/t9-/m1/s1. The second-order valence-corrected chi connectivity index (χ2v) is 5.74. The fourth-order valence-electron chi connectivity index (χ4n) is 1.62. The Balaban J connectivity index is 2.97. The molecule has 1 aromatic rings. The van der Waals surface area contributed by atoms with Gasteiger partial charge in [0.15, 0.2) is 11.5 Å². The third kappa shape index (κ3) is 4.19. The van der Waals surface area contributed by atoms with Crippen LogP contribution in [0.4, 0.5) is 0 Å². The lowest BCUT2D eigenvalue weighted by molar-refractivity contribution is 0.310. The van der Waals surface area contributed by atoms with Crippen molar-refractivity contribution in [1.82, 2.24) is 4.72 Å². The summed E-state index contributed by atoms with van der Waals surface area (Å²) in [4.78, 5) is 0. The molecule has 0 aromatic heterocycles. The van der Waals surface area contributed by atoms with Crippen molar-refractivity contribution in [2.24, 2.45) is 0 Å². The van der Waals surface area contributed by atoms with Crippen molar-refractivity contribution in [2.75, 3.05) is 20.0 Å². The van der Waals surface area contributed by atoms with Gasteiger partial charge < -0.3 is 9.47 Å². The van der Waals surface area contributed by atoms with Gasteiger partial charge in [-0.25, -0.2) is 13.1 Å². The summed E-state index contributed by atoms with van der Waals surface area (Å²) in [7, 11) is -1.68. The second kappa shape index (κ2) is 6.06. The molecular weight excluding hydrogens is 254 g/mol. The molecule has 0 unspecified atom stereocenters. The number of sulfonamides is 1. The quantitative estimate of drug-likeness (QED) is 0.857. The van der Waals surface area contributed by atoms with Gasteiger partial charge in [-0.3, -0.25) is 0 Å². The van der Waals surface area contributed by atoms with E-state index in [1.54, 1.807) is 26.2 Å². The minimum atomic E-state index is -3.23. The van der Waals surface area contributed by atoms with Crippen molar-refractivity contribution in [3.8, 4) is 11.5 Å². The maximum absolute atomic E-state index is 11.2. The fraction of sp³-hybridized carbons (Fsp3) is 0.500. The third-order valence-corrected chi connectivity index (χ3v) is 3.16. The monoisotopic (exact) mass is 273 g/mol. The molecule has 1 aromatic carbocycles. The third-order valence-electron chi connectivity index (χ3n) is 2.38. The first kappa shape index (κ1) is 14.8. The molecule has 0 saturated heterocycles. The Kier molecular flexibility index (Phi) is 4.98. The first-order chi connectivity index (χ1) is 8.37. The maximum atomic E-state index is 11.2. The Bertz CT molecular complexity index is 499.